The molecule has 1 N–H and O–H groups in total. The average molecular weight is 193 g/mol. The zero-order valence-corrected chi connectivity index (χ0v) is 7.70. The number of halogens is 1. The van der Waals surface area contributed by atoms with Gasteiger partial charge in [0.2, 0.25) is 0 Å². The number of nitrogens with zero attached hydrogens (tertiary/aromatic N) is 1. The highest BCUT2D eigenvalue weighted by atomic mass is 35.5. The molecule has 0 radical (unpaired) electrons. The Morgan fingerprint density at radius 1 is 1.38 bits per heavy atom. The molecule has 3 heteroatoms. The highest BCUT2D eigenvalue weighted by molar-refractivity contribution is 6.25. The van der Waals surface area contributed by atoms with Gasteiger partial charge in [0.15, 0.2) is 5.00 Å². The lowest BCUT2D eigenvalue weighted by atomic mass is 10.1. The quantitative estimate of drug-likeness (QED) is 0.545. The van der Waals surface area contributed by atoms with E-state index in [1.165, 1.54) is 0 Å². The Morgan fingerprint density at radius 2 is 2.31 bits per heavy atom. The summed E-state index contributed by atoms with van der Waals surface area (Å²) < 4.78 is 0. The molecule has 1 unspecified atom stereocenters. The fraction of sp³-hybridized carbons (Fsp3) is 0.100. The Kier molecular flexibility index (Phi) is 2.07. The largest absolute Gasteiger partial charge is 0.366 e. The summed E-state index contributed by atoms with van der Waals surface area (Å²) in [4.78, 5) is 3.39. The SMILES string of the molecule is ClC1(c2cccnc2)C=CC=CN1. The highest BCUT2D eigenvalue weighted by Gasteiger charge is 2.25. The zero-order valence-electron chi connectivity index (χ0n) is 6.94. The van der Waals surface area contributed by atoms with Gasteiger partial charge in [-0.25, -0.2) is 0 Å². The van der Waals surface area contributed by atoms with E-state index in [4.69, 9.17) is 11.6 Å². The number of alkyl halides is 1. The molecule has 0 aromatic carbocycles. The maximum atomic E-state index is 6.31. The Bertz CT molecular complexity index is 345. The van der Waals surface area contributed by atoms with Gasteiger partial charge in [-0.15, -0.1) is 0 Å². The van der Waals surface area contributed by atoms with Gasteiger partial charge in [-0.05, 0) is 24.4 Å². The molecule has 1 aromatic rings. The smallest absolute Gasteiger partial charge is 0.158 e. The zero-order chi connectivity index (χ0) is 9.15. The summed E-state index contributed by atoms with van der Waals surface area (Å²) in [6.45, 7) is 0. The first-order chi connectivity index (χ1) is 6.31. The topological polar surface area (TPSA) is 24.9 Å². The van der Waals surface area contributed by atoms with Gasteiger partial charge in [-0.1, -0.05) is 23.7 Å². The van der Waals surface area contributed by atoms with E-state index < -0.39 is 5.00 Å². The Balaban J connectivity index is 2.35. The van der Waals surface area contributed by atoms with E-state index >= 15 is 0 Å². The highest BCUT2D eigenvalue weighted by Crippen LogP contribution is 2.28. The maximum Gasteiger partial charge on any atom is 0.158 e. The van der Waals surface area contributed by atoms with Crippen LogP contribution in [0, 0.1) is 0 Å². The molecule has 66 valence electrons. The summed E-state index contributed by atoms with van der Waals surface area (Å²) in [5, 5.41) is 3.07. The molecule has 0 amide bonds. The van der Waals surface area contributed by atoms with Crippen LogP contribution in [0.15, 0.2) is 49.0 Å². The van der Waals surface area contributed by atoms with Gasteiger partial charge in [0.05, 0.1) is 0 Å². The van der Waals surface area contributed by atoms with E-state index in [9.17, 15) is 0 Å². The van der Waals surface area contributed by atoms with Crippen LogP contribution in [0.2, 0.25) is 0 Å². The number of pyridine rings is 1. The van der Waals surface area contributed by atoms with Crippen LogP contribution in [0.3, 0.4) is 0 Å². The number of aromatic nitrogens is 1. The van der Waals surface area contributed by atoms with Gasteiger partial charge >= 0.3 is 0 Å². The van der Waals surface area contributed by atoms with Crippen molar-refractivity contribution in [3.63, 3.8) is 0 Å². The number of hydrogen-bond acceptors (Lipinski definition) is 2. The van der Waals surface area contributed by atoms with Crippen LogP contribution in [0.4, 0.5) is 0 Å². The number of allylic oxidation sites excluding steroid dienone is 2. The van der Waals surface area contributed by atoms with E-state index in [1.54, 1.807) is 12.4 Å². The van der Waals surface area contributed by atoms with Crippen LogP contribution in [-0.2, 0) is 5.00 Å². The number of nitrogens with one attached hydrogen (secondary N) is 1. The van der Waals surface area contributed by atoms with Gasteiger partial charge in [-0.2, -0.15) is 0 Å². The summed E-state index contributed by atoms with van der Waals surface area (Å²) in [6, 6.07) is 3.81. The lowest BCUT2D eigenvalue weighted by Crippen LogP contribution is -2.32. The molecular weight excluding hydrogens is 184 g/mol. The lowest BCUT2D eigenvalue weighted by molar-refractivity contribution is 0.663. The molecule has 2 rings (SSSR count). The second-order valence-electron chi connectivity index (χ2n) is 2.82. The molecule has 2 nitrogen and oxygen atoms in total. The maximum absolute atomic E-state index is 6.31. The molecule has 0 fully saturated rings. The van der Waals surface area contributed by atoms with E-state index in [-0.39, 0.29) is 0 Å². The van der Waals surface area contributed by atoms with E-state index in [0.717, 1.165) is 5.56 Å². The van der Waals surface area contributed by atoms with Crippen LogP contribution in [0.1, 0.15) is 5.56 Å². The summed E-state index contributed by atoms with van der Waals surface area (Å²) in [6.07, 6.45) is 11.0. The fourth-order valence-corrected chi connectivity index (χ4v) is 1.47. The number of rotatable bonds is 1. The predicted octanol–water partition coefficient (Wildman–Crippen LogP) is 2.15. The van der Waals surface area contributed by atoms with Crippen LogP contribution < -0.4 is 5.32 Å². The molecule has 0 spiro atoms. The second kappa shape index (κ2) is 3.23. The van der Waals surface area contributed by atoms with Crippen molar-refractivity contribution < 1.29 is 0 Å². The molecule has 0 bridgehead atoms. The first-order valence-electron chi connectivity index (χ1n) is 4.03. The first-order valence-corrected chi connectivity index (χ1v) is 4.40. The molecular formula is C10H9ClN2. The molecule has 1 aromatic heterocycles. The van der Waals surface area contributed by atoms with Crippen molar-refractivity contribution in [3.8, 4) is 0 Å². The summed E-state index contributed by atoms with van der Waals surface area (Å²) in [5.41, 5.74) is 0.942. The Morgan fingerprint density at radius 3 is 2.92 bits per heavy atom. The van der Waals surface area contributed by atoms with Gasteiger partial charge in [0.1, 0.15) is 0 Å². The molecule has 13 heavy (non-hydrogen) atoms. The van der Waals surface area contributed by atoms with Crippen molar-refractivity contribution in [2.24, 2.45) is 0 Å². The van der Waals surface area contributed by atoms with Crippen molar-refractivity contribution in [2.75, 3.05) is 0 Å². The van der Waals surface area contributed by atoms with Gasteiger partial charge in [0, 0.05) is 18.0 Å². The van der Waals surface area contributed by atoms with E-state index in [1.807, 2.05) is 36.6 Å². The Hall–Kier alpha value is -1.28. The normalized spacial score (nSPS) is 25.6. The predicted molar refractivity (Wildman–Crippen MR) is 53.2 cm³/mol. The first kappa shape index (κ1) is 8.32. The van der Waals surface area contributed by atoms with Crippen LogP contribution in [-0.4, -0.2) is 4.98 Å². The van der Waals surface area contributed by atoms with Crippen molar-refractivity contribution in [3.05, 3.63) is 54.5 Å². The minimum Gasteiger partial charge on any atom is -0.366 e. The molecule has 1 atom stereocenters. The minimum absolute atomic E-state index is 0.636. The van der Waals surface area contributed by atoms with Crippen LogP contribution >= 0.6 is 11.6 Å². The van der Waals surface area contributed by atoms with Gasteiger partial charge in [0.25, 0.3) is 0 Å². The Labute approximate surface area is 81.9 Å². The number of hydrogen-bond donors (Lipinski definition) is 1. The van der Waals surface area contributed by atoms with Crippen molar-refractivity contribution in [2.45, 2.75) is 5.00 Å². The number of dihydropyridines is 1. The summed E-state index contributed by atoms with van der Waals surface area (Å²) in [5.74, 6) is 0. The third kappa shape index (κ3) is 1.58. The molecule has 0 aliphatic carbocycles. The van der Waals surface area contributed by atoms with Crippen molar-refractivity contribution in [1.82, 2.24) is 10.3 Å². The monoisotopic (exact) mass is 192 g/mol. The van der Waals surface area contributed by atoms with Crippen molar-refractivity contribution >= 4 is 11.6 Å². The van der Waals surface area contributed by atoms with Crippen LogP contribution in [0.25, 0.3) is 0 Å². The van der Waals surface area contributed by atoms with E-state index in [2.05, 4.69) is 10.3 Å². The fourth-order valence-electron chi connectivity index (χ4n) is 1.22. The molecule has 1 aliphatic rings. The van der Waals surface area contributed by atoms with Crippen LogP contribution in [0.5, 0.6) is 0 Å². The molecule has 0 saturated carbocycles. The summed E-state index contributed by atoms with van der Waals surface area (Å²) >= 11 is 6.31. The standard InChI is InChI=1S/C10H9ClN2/c11-10(5-1-2-7-13-10)9-4-3-6-12-8-9/h1-8,13H. The minimum atomic E-state index is -0.636. The van der Waals surface area contributed by atoms with Gasteiger partial charge < -0.3 is 5.32 Å². The average Bonchev–Trinajstić information content (AvgIpc) is 2.20. The second-order valence-corrected chi connectivity index (χ2v) is 3.41. The van der Waals surface area contributed by atoms with Crippen molar-refractivity contribution in [1.29, 1.82) is 0 Å². The van der Waals surface area contributed by atoms with E-state index in [0.29, 0.717) is 0 Å². The summed E-state index contributed by atoms with van der Waals surface area (Å²) in [7, 11) is 0. The third-order valence-corrected chi connectivity index (χ3v) is 2.36. The molecule has 0 saturated heterocycles. The third-order valence-electron chi connectivity index (χ3n) is 1.91. The van der Waals surface area contributed by atoms with Gasteiger partial charge in [-0.3, -0.25) is 4.98 Å². The molecule has 1 aliphatic heterocycles. The molecule has 2 heterocycles. The lowest BCUT2D eigenvalue weighted by Gasteiger charge is -2.25.